The molecule has 0 N–H and O–H groups in total. The van der Waals surface area contributed by atoms with E-state index in [1.54, 1.807) is 12.0 Å². The normalized spacial score (nSPS) is 30.8. The van der Waals surface area contributed by atoms with Crippen molar-refractivity contribution in [3.8, 4) is 5.75 Å². The minimum atomic E-state index is -0.196. The topological polar surface area (TPSA) is 42.0 Å². The average molecular weight is 262 g/mol. The summed E-state index contributed by atoms with van der Waals surface area (Å²) in [5.74, 6) is 0.861. The molecule has 2 aliphatic rings. The number of amides is 1. The third kappa shape index (κ3) is 1.89. The van der Waals surface area contributed by atoms with Crippen LogP contribution in [0.2, 0.25) is 0 Å². The third-order valence-electron chi connectivity index (χ3n) is 4.05. The molecule has 1 aromatic rings. The molecule has 5 nitrogen and oxygen atoms in total. The molecule has 0 aromatic heterocycles. The summed E-state index contributed by atoms with van der Waals surface area (Å²) >= 11 is 0. The Labute approximate surface area is 112 Å². The summed E-state index contributed by atoms with van der Waals surface area (Å²) in [6.45, 7) is 0.729. The maximum absolute atomic E-state index is 12.2. The Bertz CT molecular complexity index is 488. The van der Waals surface area contributed by atoms with Gasteiger partial charge in [0.05, 0.1) is 19.1 Å². The highest BCUT2D eigenvalue weighted by Gasteiger charge is 2.52. The lowest BCUT2D eigenvalue weighted by Crippen LogP contribution is -2.30. The van der Waals surface area contributed by atoms with Gasteiger partial charge in [-0.1, -0.05) is 12.1 Å². The summed E-state index contributed by atoms with van der Waals surface area (Å²) in [6, 6.07) is 7.87. The van der Waals surface area contributed by atoms with Crippen LogP contribution < -0.4 is 4.74 Å². The van der Waals surface area contributed by atoms with Crippen molar-refractivity contribution in [2.45, 2.75) is 12.1 Å². The highest BCUT2D eigenvalue weighted by atomic mass is 16.7. The molecule has 0 bridgehead atoms. The maximum Gasteiger partial charge on any atom is 0.230 e. The van der Waals surface area contributed by atoms with Crippen LogP contribution in [0.15, 0.2) is 24.3 Å². The van der Waals surface area contributed by atoms with Gasteiger partial charge in [0, 0.05) is 20.6 Å². The third-order valence-corrected chi connectivity index (χ3v) is 4.05. The number of hydroxylamine groups is 2. The van der Waals surface area contributed by atoms with E-state index in [0.29, 0.717) is 0 Å². The van der Waals surface area contributed by atoms with Gasteiger partial charge in [0.15, 0.2) is 0 Å². The number of rotatable bonds is 2. The fraction of sp³-hybridized carbons (Fsp3) is 0.500. The number of ether oxygens (including phenoxy) is 1. The zero-order valence-corrected chi connectivity index (χ0v) is 11.4. The number of nitrogens with zero attached hydrogens (tertiary/aromatic N) is 2. The average Bonchev–Trinajstić information content (AvgIpc) is 2.90. The van der Waals surface area contributed by atoms with E-state index < -0.39 is 0 Å². The first kappa shape index (κ1) is 12.4. The molecule has 19 heavy (non-hydrogen) atoms. The van der Waals surface area contributed by atoms with Gasteiger partial charge in [-0.2, -0.15) is 5.06 Å². The molecule has 0 spiro atoms. The van der Waals surface area contributed by atoms with Gasteiger partial charge in [0.25, 0.3) is 0 Å². The summed E-state index contributed by atoms with van der Waals surface area (Å²) in [6.07, 6.45) is -0.196. The molecule has 2 fully saturated rings. The van der Waals surface area contributed by atoms with Gasteiger partial charge in [0.1, 0.15) is 11.9 Å². The Kier molecular flexibility index (Phi) is 2.95. The minimum absolute atomic E-state index is 0.108. The molecule has 3 unspecified atom stereocenters. The van der Waals surface area contributed by atoms with Crippen LogP contribution in [0.25, 0.3) is 0 Å². The highest BCUT2D eigenvalue weighted by Crippen LogP contribution is 2.42. The Hall–Kier alpha value is -1.59. The molecule has 5 heteroatoms. The van der Waals surface area contributed by atoms with Crippen LogP contribution in [-0.2, 0) is 9.63 Å². The van der Waals surface area contributed by atoms with Gasteiger partial charge >= 0.3 is 0 Å². The monoisotopic (exact) mass is 262 g/mol. The molecule has 0 aliphatic carbocycles. The Morgan fingerprint density at radius 2 is 1.95 bits per heavy atom. The largest absolute Gasteiger partial charge is 0.497 e. The van der Waals surface area contributed by atoms with E-state index in [1.807, 2.05) is 43.4 Å². The Morgan fingerprint density at radius 1 is 1.26 bits per heavy atom. The lowest BCUT2D eigenvalue weighted by Gasteiger charge is -2.19. The summed E-state index contributed by atoms with van der Waals surface area (Å²) in [5.41, 5.74) is 1.02. The van der Waals surface area contributed by atoms with Gasteiger partial charge in [-0.15, -0.1) is 0 Å². The van der Waals surface area contributed by atoms with E-state index in [9.17, 15) is 4.79 Å². The smallest absolute Gasteiger partial charge is 0.230 e. The number of carbonyl (C=O) groups excluding carboxylic acids is 1. The molecule has 102 valence electrons. The maximum atomic E-state index is 12.2. The molecule has 0 radical (unpaired) electrons. The van der Waals surface area contributed by atoms with Crippen molar-refractivity contribution in [1.29, 1.82) is 0 Å². The zero-order chi connectivity index (χ0) is 13.6. The quantitative estimate of drug-likeness (QED) is 0.799. The number of methoxy groups -OCH3 is 1. The second-order valence-corrected chi connectivity index (χ2v) is 5.16. The number of benzene rings is 1. The van der Waals surface area contributed by atoms with Crippen molar-refractivity contribution >= 4 is 5.91 Å². The predicted octanol–water partition coefficient (Wildman–Crippen LogP) is 1.07. The van der Waals surface area contributed by atoms with Crippen molar-refractivity contribution < 1.29 is 14.4 Å². The fourth-order valence-electron chi connectivity index (χ4n) is 2.96. The number of likely N-dealkylation sites (tertiary alicyclic amines) is 1. The second-order valence-electron chi connectivity index (χ2n) is 5.16. The molecule has 1 amide bonds. The van der Waals surface area contributed by atoms with Crippen LogP contribution in [0.4, 0.5) is 0 Å². The van der Waals surface area contributed by atoms with Gasteiger partial charge in [-0.3, -0.25) is 9.63 Å². The standard InChI is InChI=1S/C14H18N2O3/c1-15-8-11-12(14(15)17)13(19-16(11)2)9-4-6-10(18-3)7-5-9/h4-7,11-13H,8H2,1-3H3. The number of likely N-dealkylation sites (N-methyl/N-ethyl adjacent to an activating group) is 2. The summed E-state index contributed by atoms with van der Waals surface area (Å²) < 4.78 is 5.15. The Morgan fingerprint density at radius 3 is 2.58 bits per heavy atom. The summed E-state index contributed by atoms with van der Waals surface area (Å²) in [5, 5.41) is 1.82. The first-order valence-corrected chi connectivity index (χ1v) is 6.40. The van der Waals surface area contributed by atoms with Crippen molar-refractivity contribution in [2.75, 3.05) is 27.7 Å². The molecular formula is C14H18N2O3. The van der Waals surface area contributed by atoms with Gasteiger partial charge < -0.3 is 9.64 Å². The lowest BCUT2D eigenvalue weighted by molar-refractivity contribution is -0.156. The van der Waals surface area contributed by atoms with E-state index >= 15 is 0 Å². The van der Waals surface area contributed by atoms with Crippen LogP contribution in [0.5, 0.6) is 5.75 Å². The molecular weight excluding hydrogens is 244 g/mol. The van der Waals surface area contributed by atoms with E-state index in [1.165, 1.54) is 0 Å². The minimum Gasteiger partial charge on any atom is -0.497 e. The number of hydrogen-bond donors (Lipinski definition) is 0. The van der Waals surface area contributed by atoms with Crippen LogP contribution in [0.3, 0.4) is 0 Å². The predicted molar refractivity (Wildman–Crippen MR) is 69.5 cm³/mol. The Balaban J connectivity index is 1.90. The molecule has 3 atom stereocenters. The first-order valence-electron chi connectivity index (χ1n) is 6.40. The number of hydrogen-bond acceptors (Lipinski definition) is 4. The van der Waals surface area contributed by atoms with Gasteiger partial charge in [-0.05, 0) is 17.7 Å². The molecule has 0 saturated carbocycles. The molecule has 2 heterocycles. The van der Waals surface area contributed by atoms with Crippen molar-refractivity contribution in [1.82, 2.24) is 9.96 Å². The van der Waals surface area contributed by atoms with Crippen LogP contribution in [0.1, 0.15) is 11.7 Å². The first-order chi connectivity index (χ1) is 9.11. The van der Waals surface area contributed by atoms with E-state index in [0.717, 1.165) is 17.9 Å². The van der Waals surface area contributed by atoms with Crippen LogP contribution >= 0.6 is 0 Å². The lowest BCUT2D eigenvalue weighted by atomic mass is 9.92. The fourth-order valence-corrected chi connectivity index (χ4v) is 2.96. The second kappa shape index (κ2) is 4.51. The van der Waals surface area contributed by atoms with Crippen molar-refractivity contribution in [2.24, 2.45) is 5.92 Å². The molecule has 3 rings (SSSR count). The van der Waals surface area contributed by atoms with Gasteiger partial charge in [-0.25, -0.2) is 0 Å². The van der Waals surface area contributed by atoms with Crippen molar-refractivity contribution in [3.63, 3.8) is 0 Å². The van der Waals surface area contributed by atoms with Crippen LogP contribution in [0, 0.1) is 5.92 Å². The van der Waals surface area contributed by atoms with E-state index in [2.05, 4.69) is 0 Å². The molecule has 1 aromatic carbocycles. The summed E-state index contributed by atoms with van der Waals surface area (Å²) in [4.78, 5) is 19.9. The van der Waals surface area contributed by atoms with E-state index in [4.69, 9.17) is 9.57 Å². The SMILES string of the molecule is COc1ccc(C2ON(C)C3CN(C)C(=O)C23)cc1. The van der Waals surface area contributed by atoms with Gasteiger partial charge in [0.2, 0.25) is 5.91 Å². The zero-order valence-electron chi connectivity index (χ0n) is 11.4. The highest BCUT2D eigenvalue weighted by molar-refractivity contribution is 5.83. The molecule has 2 saturated heterocycles. The van der Waals surface area contributed by atoms with Crippen LogP contribution in [-0.4, -0.2) is 49.7 Å². The summed E-state index contributed by atoms with van der Waals surface area (Å²) in [7, 11) is 5.38. The number of fused-ring (bicyclic) bond motifs is 1. The molecule has 2 aliphatic heterocycles. The van der Waals surface area contributed by atoms with E-state index in [-0.39, 0.29) is 24.0 Å². The van der Waals surface area contributed by atoms with Crippen molar-refractivity contribution in [3.05, 3.63) is 29.8 Å². The number of carbonyl (C=O) groups is 1.